The predicted molar refractivity (Wildman–Crippen MR) is 64.3 cm³/mol. The third-order valence-corrected chi connectivity index (χ3v) is 3.40. The van der Waals surface area contributed by atoms with Crippen LogP contribution < -0.4 is 5.73 Å². The van der Waals surface area contributed by atoms with E-state index >= 15 is 0 Å². The predicted octanol–water partition coefficient (Wildman–Crippen LogP) is 2.56. The van der Waals surface area contributed by atoms with Crippen molar-refractivity contribution in [1.82, 2.24) is 5.16 Å². The Bertz CT molecular complexity index is 544. The van der Waals surface area contributed by atoms with Gasteiger partial charge in [-0.1, -0.05) is 29.4 Å². The molecule has 0 bridgehead atoms. The molecule has 2 aromatic rings. The quantitative estimate of drug-likeness (QED) is 0.880. The van der Waals surface area contributed by atoms with Crippen molar-refractivity contribution in [3.63, 3.8) is 0 Å². The number of benzene rings is 1. The molecule has 0 radical (unpaired) electrons. The minimum absolute atomic E-state index is 0.139. The molecule has 4 heteroatoms. The highest BCUT2D eigenvalue weighted by molar-refractivity contribution is 5.75. The van der Waals surface area contributed by atoms with Crippen molar-refractivity contribution in [2.24, 2.45) is 0 Å². The second-order valence-electron chi connectivity index (χ2n) is 4.35. The summed E-state index contributed by atoms with van der Waals surface area (Å²) in [4.78, 5) is 0. The van der Waals surface area contributed by atoms with E-state index in [9.17, 15) is 0 Å². The SMILES string of the molecule is COC1(c2ccccc2-c2cnoc2N)CC1. The Balaban J connectivity index is 2.15. The first-order chi connectivity index (χ1) is 8.27. The number of rotatable bonds is 3. The van der Waals surface area contributed by atoms with Crippen LogP contribution in [0.5, 0.6) is 0 Å². The maximum atomic E-state index is 5.78. The van der Waals surface area contributed by atoms with Crippen LogP contribution in [0.2, 0.25) is 0 Å². The van der Waals surface area contributed by atoms with Gasteiger partial charge in [0.25, 0.3) is 0 Å². The molecule has 0 atom stereocenters. The van der Waals surface area contributed by atoms with Gasteiger partial charge in [-0.05, 0) is 24.0 Å². The molecule has 1 aromatic heterocycles. The molecule has 0 saturated heterocycles. The fraction of sp³-hybridized carbons (Fsp3) is 0.308. The van der Waals surface area contributed by atoms with E-state index in [1.807, 2.05) is 18.2 Å². The van der Waals surface area contributed by atoms with Gasteiger partial charge < -0.3 is 15.0 Å². The first-order valence-electron chi connectivity index (χ1n) is 5.62. The standard InChI is InChI=1S/C13H14N2O2/c1-16-13(6-7-13)11-5-3-2-4-9(11)10-8-15-17-12(10)14/h2-5,8H,6-7,14H2,1H3. The van der Waals surface area contributed by atoms with Crippen molar-refractivity contribution in [2.45, 2.75) is 18.4 Å². The zero-order valence-corrected chi connectivity index (χ0v) is 9.64. The van der Waals surface area contributed by atoms with E-state index in [-0.39, 0.29) is 5.60 Å². The van der Waals surface area contributed by atoms with Crippen LogP contribution in [-0.2, 0) is 10.3 Å². The lowest BCUT2D eigenvalue weighted by Gasteiger charge is -2.17. The summed E-state index contributed by atoms with van der Waals surface area (Å²) in [5.74, 6) is 0.351. The monoisotopic (exact) mass is 230 g/mol. The molecule has 1 aliphatic rings. The summed E-state index contributed by atoms with van der Waals surface area (Å²) < 4.78 is 10.5. The first-order valence-corrected chi connectivity index (χ1v) is 5.62. The summed E-state index contributed by atoms with van der Waals surface area (Å²) in [5.41, 5.74) is 8.69. The van der Waals surface area contributed by atoms with Crippen molar-refractivity contribution in [1.29, 1.82) is 0 Å². The maximum Gasteiger partial charge on any atom is 0.229 e. The minimum Gasteiger partial charge on any atom is -0.374 e. The fourth-order valence-electron chi connectivity index (χ4n) is 2.26. The first kappa shape index (κ1) is 10.4. The summed E-state index contributed by atoms with van der Waals surface area (Å²) in [5, 5.41) is 3.73. The van der Waals surface area contributed by atoms with Gasteiger partial charge in [0.15, 0.2) is 0 Å². The zero-order valence-electron chi connectivity index (χ0n) is 9.64. The van der Waals surface area contributed by atoms with E-state index in [0.29, 0.717) is 5.88 Å². The van der Waals surface area contributed by atoms with Crippen molar-refractivity contribution in [3.8, 4) is 11.1 Å². The zero-order chi connectivity index (χ0) is 11.9. The van der Waals surface area contributed by atoms with Gasteiger partial charge in [0.05, 0.1) is 17.4 Å². The van der Waals surface area contributed by atoms with Gasteiger partial charge in [0, 0.05) is 7.11 Å². The van der Waals surface area contributed by atoms with Crippen molar-refractivity contribution < 1.29 is 9.26 Å². The summed E-state index contributed by atoms with van der Waals surface area (Å²) in [6.07, 6.45) is 3.75. The number of nitrogen functional groups attached to an aromatic ring is 1. The molecule has 4 nitrogen and oxygen atoms in total. The van der Waals surface area contributed by atoms with Crippen LogP contribution in [0.15, 0.2) is 35.0 Å². The number of anilines is 1. The summed E-state index contributed by atoms with van der Waals surface area (Å²) in [6.45, 7) is 0. The van der Waals surface area contributed by atoms with Gasteiger partial charge in [-0.2, -0.15) is 0 Å². The van der Waals surface area contributed by atoms with E-state index in [2.05, 4.69) is 11.2 Å². The largest absolute Gasteiger partial charge is 0.374 e. The van der Waals surface area contributed by atoms with E-state index < -0.39 is 0 Å². The molecule has 0 amide bonds. The molecular weight excluding hydrogens is 216 g/mol. The second kappa shape index (κ2) is 3.60. The van der Waals surface area contributed by atoms with Crippen molar-refractivity contribution in [3.05, 3.63) is 36.0 Å². The minimum atomic E-state index is -0.139. The number of aromatic nitrogens is 1. The average Bonchev–Trinajstić information content (AvgIpc) is 3.06. The highest BCUT2D eigenvalue weighted by Crippen LogP contribution is 2.51. The fourth-order valence-corrected chi connectivity index (χ4v) is 2.26. The Labute approximate surface area is 99.4 Å². The van der Waals surface area contributed by atoms with E-state index in [4.69, 9.17) is 15.0 Å². The van der Waals surface area contributed by atoms with Crippen LogP contribution >= 0.6 is 0 Å². The molecule has 1 heterocycles. The Kier molecular flexibility index (Phi) is 2.19. The van der Waals surface area contributed by atoms with Crippen LogP contribution in [0.25, 0.3) is 11.1 Å². The van der Waals surface area contributed by atoms with Gasteiger partial charge in [0.2, 0.25) is 5.88 Å². The van der Waals surface area contributed by atoms with Gasteiger partial charge in [-0.25, -0.2) is 0 Å². The molecule has 1 fully saturated rings. The third kappa shape index (κ3) is 1.52. The van der Waals surface area contributed by atoms with E-state index in [1.165, 1.54) is 0 Å². The Morgan fingerprint density at radius 2 is 2.06 bits per heavy atom. The lowest BCUT2D eigenvalue weighted by Crippen LogP contribution is -2.10. The molecule has 88 valence electrons. The summed E-state index contributed by atoms with van der Waals surface area (Å²) >= 11 is 0. The van der Waals surface area contributed by atoms with Crippen LogP contribution in [0.4, 0.5) is 5.88 Å². The van der Waals surface area contributed by atoms with Crippen molar-refractivity contribution >= 4 is 5.88 Å². The van der Waals surface area contributed by atoms with Gasteiger partial charge >= 0.3 is 0 Å². The normalized spacial score (nSPS) is 17.0. The summed E-state index contributed by atoms with van der Waals surface area (Å²) in [7, 11) is 1.75. The average molecular weight is 230 g/mol. The summed E-state index contributed by atoms with van der Waals surface area (Å²) in [6, 6.07) is 8.11. The van der Waals surface area contributed by atoms with E-state index in [1.54, 1.807) is 13.3 Å². The second-order valence-corrected chi connectivity index (χ2v) is 4.35. The number of methoxy groups -OCH3 is 1. The lowest BCUT2D eigenvalue weighted by molar-refractivity contribution is 0.0794. The van der Waals surface area contributed by atoms with E-state index in [0.717, 1.165) is 29.5 Å². The number of nitrogens with zero attached hydrogens (tertiary/aromatic N) is 1. The lowest BCUT2D eigenvalue weighted by atomic mass is 9.96. The Hall–Kier alpha value is -1.81. The number of nitrogens with two attached hydrogens (primary N) is 1. The molecular formula is C13H14N2O2. The van der Waals surface area contributed by atoms with Gasteiger partial charge in [0.1, 0.15) is 0 Å². The number of ether oxygens (including phenoxy) is 1. The molecule has 1 saturated carbocycles. The molecule has 2 N–H and O–H groups in total. The van der Waals surface area contributed by atoms with Crippen molar-refractivity contribution in [2.75, 3.05) is 12.8 Å². The van der Waals surface area contributed by atoms with Crippen LogP contribution in [-0.4, -0.2) is 12.3 Å². The highest BCUT2D eigenvalue weighted by atomic mass is 16.5. The maximum absolute atomic E-state index is 5.78. The van der Waals surface area contributed by atoms with Gasteiger partial charge in [-0.15, -0.1) is 0 Å². The smallest absolute Gasteiger partial charge is 0.229 e. The third-order valence-electron chi connectivity index (χ3n) is 3.40. The number of hydrogen-bond acceptors (Lipinski definition) is 4. The molecule has 0 unspecified atom stereocenters. The molecule has 0 aliphatic heterocycles. The topological polar surface area (TPSA) is 61.3 Å². The highest BCUT2D eigenvalue weighted by Gasteiger charge is 2.46. The molecule has 1 aliphatic carbocycles. The Morgan fingerprint density at radius 3 is 2.65 bits per heavy atom. The van der Waals surface area contributed by atoms with Crippen LogP contribution in [0.1, 0.15) is 18.4 Å². The molecule has 17 heavy (non-hydrogen) atoms. The van der Waals surface area contributed by atoms with Crippen LogP contribution in [0, 0.1) is 0 Å². The van der Waals surface area contributed by atoms with Crippen LogP contribution in [0.3, 0.4) is 0 Å². The number of hydrogen-bond donors (Lipinski definition) is 1. The molecule has 0 spiro atoms. The molecule has 1 aromatic carbocycles. The Morgan fingerprint density at radius 1 is 1.29 bits per heavy atom. The molecule has 3 rings (SSSR count). The van der Waals surface area contributed by atoms with Gasteiger partial charge in [-0.3, -0.25) is 0 Å².